The molecule has 1 aliphatic heterocycles. The van der Waals surface area contributed by atoms with Gasteiger partial charge in [0.05, 0.1) is 18.1 Å². The van der Waals surface area contributed by atoms with Crippen molar-refractivity contribution in [3.05, 3.63) is 60.8 Å². The minimum atomic E-state index is 0.461. The SMILES string of the molecule is c1ccc(OC[C@H]2CCCN2Cc2cnc3cnccn23)cc1. The van der Waals surface area contributed by atoms with Crippen LogP contribution in [-0.4, -0.2) is 38.5 Å². The fourth-order valence-corrected chi connectivity index (χ4v) is 3.22. The summed E-state index contributed by atoms with van der Waals surface area (Å²) >= 11 is 0. The first-order valence-electron chi connectivity index (χ1n) is 8.08. The van der Waals surface area contributed by atoms with Crippen LogP contribution in [0.5, 0.6) is 5.75 Å². The maximum absolute atomic E-state index is 5.95. The van der Waals surface area contributed by atoms with Gasteiger partial charge in [-0.2, -0.15) is 0 Å². The van der Waals surface area contributed by atoms with Crippen molar-refractivity contribution >= 4 is 5.65 Å². The first-order valence-corrected chi connectivity index (χ1v) is 8.08. The van der Waals surface area contributed by atoms with Gasteiger partial charge in [0.25, 0.3) is 0 Å². The van der Waals surface area contributed by atoms with Gasteiger partial charge in [-0.3, -0.25) is 14.3 Å². The van der Waals surface area contributed by atoms with Crippen molar-refractivity contribution < 1.29 is 4.74 Å². The van der Waals surface area contributed by atoms with Gasteiger partial charge in [-0.15, -0.1) is 0 Å². The summed E-state index contributed by atoms with van der Waals surface area (Å²) in [7, 11) is 0. The van der Waals surface area contributed by atoms with Crippen molar-refractivity contribution in [1.82, 2.24) is 19.3 Å². The summed E-state index contributed by atoms with van der Waals surface area (Å²) in [6.45, 7) is 2.75. The van der Waals surface area contributed by atoms with Gasteiger partial charge in [0.15, 0.2) is 5.65 Å². The summed E-state index contributed by atoms with van der Waals surface area (Å²) in [5.74, 6) is 0.945. The Morgan fingerprint density at radius 3 is 3.00 bits per heavy atom. The number of likely N-dealkylation sites (tertiary alicyclic amines) is 1. The molecule has 23 heavy (non-hydrogen) atoms. The van der Waals surface area contributed by atoms with Crippen LogP contribution < -0.4 is 4.74 Å². The molecule has 5 nitrogen and oxygen atoms in total. The number of benzene rings is 1. The third kappa shape index (κ3) is 3.05. The van der Waals surface area contributed by atoms with Crippen LogP contribution in [0.1, 0.15) is 18.5 Å². The lowest BCUT2D eigenvalue weighted by Gasteiger charge is -2.24. The van der Waals surface area contributed by atoms with Crippen molar-refractivity contribution in [2.75, 3.05) is 13.2 Å². The Labute approximate surface area is 135 Å². The highest BCUT2D eigenvalue weighted by molar-refractivity contribution is 5.36. The van der Waals surface area contributed by atoms with Crippen LogP contribution >= 0.6 is 0 Å². The topological polar surface area (TPSA) is 42.7 Å². The Morgan fingerprint density at radius 2 is 2.09 bits per heavy atom. The predicted molar refractivity (Wildman–Crippen MR) is 88.4 cm³/mol. The van der Waals surface area contributed by atoms with Crippen LogP contribution in [0.15, 0.2) is 55.1 Å². The summed E-state index contributed by atoms with van der Waals surface area (Å²) in [5, 5.41) is 0. The number of ether oxygens (including phenoxy) is 1. The zero-order valence-corrected chi connectivity index (χ0v) is 13.0. The molecule has 0 aliphatic carbocycles. The second kappa shape index (κ2) is 6.38. The molecule has 1 saturated heterocycles. The van der Waals surface area contributed by atoms with Gasteiger partial charge in [-0.1, -0.05) is 18.2 Å². The van der Waals surface area contributed by atoms with Gasteiger partial charge in [-0.05, 0) is 31.5 Å². The molecule has 4 rings (SSSR count). The highest BCUT2D eigenvalue weighted by Crippen LogP contribution is 2.21. The third-order valence-electron chi connectivity index (χ3n) is 4.44. The second-order valence-electron chi connectivity index (χ2n) is 5.94. The minimum Gasteiger partial charge on any atom is -0.492 e. The number of para-hydroxylation sites is 1. The molecule has 0 amide bonds. The molecule has 3 aromatic rings. The summed E-state index contributed by atoms with van der Waals surface area (Å²) in [6.07, 6.45) is 9.93. The molecule has 1 fully saturated rings. The molecule has 1 aliphatic rings. The lowest BCUT2D eigenvalue weighted by Crippen LogP contribution is -2.34. The van der Waals surface area contributed by atoms with Gasteiger partial charge in [0, 0.05) is 25.0 Å². The number of imidazole rings is 1. The Balaban J connectivity index is 1.43. The molecule has 1 atom stereocenters. The van der Waals surface area contributed by atoms with Crippen LogP contribution in [0.4, 0.5) is 0 Å². The van der Waals surface area contributed by atoms with Crippen LogP contribution in [0.3, 0.4) is 0 Å². The normalized spacial score (nSPS) is 18.5. The van der Waals surface area contributed by atoms with Crippen molar-refractivity contribution in [3.63, 3.8) is 0 Å². The van der Waals surface area contributed by atoms with Crippen molar-refractivity contribution in [2.45, 2.75) is 25.4 Å². The average Bonchev–Trinajstić information content (AvgIpc) is 3.22. The molecular formula is C18H20N4O. The standard InChI is InChI=1S/C18H20N4O/c1-2-6-17(7-3-1)23-14-15-5-4-9-21(15)13-16-11-20-18-12-19-8-10-22(16)18/h1-3,6-8,10-12,15H,4-5,9,13-14H2/t15-/m1/s1. The number of aromatic nitrogens is 3. The zero-order chi connectivity index (χ0) is 15.5. The van der Waals surface area contributed by atoms with Crippen LogP contribution in [-0.2, 0) is 6.54 Å². The van der Waals surface area contributed by atoms with Gasteiger partial charge in [-0.25, -0.2) is 4.98 Å². The second-order valence-corrected chi connectivity index (χ2v) is 5.94. The molecule has 3 heterocycles. The molecule has 0 bridgehead atoms. The van der Waals surface area contributed by atoms with E-state index in [0.717, 1.165) is 31.1 Å². The van der Waals surface area contributed by atoms with Crippen molar-refractivity contribution in [3.8, 4) is 5.75 Å². The Morgan fingerprint density at radius 1 is 1.17 bits per heavy atom. The number of rotatable bonds is 5. The van der Waals surface area contributed by atoms with E-state index in [9.17, 15) is 0 Å². The largest absolute Gasteiger partial charge is 0.492 e. The van der Waals surface area contributed by atoms with Crippen LogP contribution in [0.2, 0.25) is 0 Å². The summed E-state index contributed by atoms with van der Waals surface area (Å²) in [5.41, 5.74) is 2.10. The van der Waals surface area contributed by atoms with Gasteiger partial charge >= 0.3 is 0 Å². The highest BCUT2D eigenvalue weighted by Gasteiger charge is 2.26. The lowest BCUT2D eigenvalue weighted by molar-refractivity contribution is 0.165. The van der Waals surface area contributed by atoms with Gasteiger partial charge in [0.2, 0.25) is 0 Å². The predicted octanol–water partition coefficient (Wildman–Crippen LogP) is 2.77. The molecular weight excluding hydrogens is 288 g/mol. The van der Waals surface area contributed by atoms with E-state index in [4.69, 9.17) is 4.74 Å². The van der Waals surface area contributed by atoms with E-state index in [0.29, 0.717) is 6.04 Å². The molecule has 1 aromatic carbocycles. The average molecular weight is 308 g/mol. The fraction of sp³-hybridized carbons (Fsp3) is 0.333. The van der Waals surface area contributed by atoms with Gasteiger partial charge in [0.1, 0.15) is 12.4 Å². The Kier molecular flexibility index (Phi) is 3.94. The minimum absolute atomic E-state index is 0.461. The quantitative estimate of drug-likeness (QED) is 0.727. The van der Waals surface area contributed by atoms with Crippen molar-refractivity contribution in [1.29, 1.82) is 0 Å². The molecule has 118 valence electrons. The van der Waals surface area contributed by atoms with Crippen LogP contribution in [0, 0.1) is 0 Å². The maximum Gasteiger partial charge on any atom is 0.155 e. The summed E-state index contributed by atoms with van der Waals surface area (Å²) in [6, 6.07) is 10.5. The molecule has 0 radical (unpaired) electrons. The first-order chi connectivity index (χ1) is 11.4. The van der Waals surface area contributed by atoms with Crippen molar-refractivity contribution in [2.24, 2.45) is 0 Å². The van der Waals surface area contributed by atoms with E-state index in [2.05, 4.69) is 19.3 Å². The maximum atomic E-state index is 5.95. The van der Waals surface area contributed by atoms with E-state index in [-0.39, 0.29) is 0 Å². The van der Waals surface area contributed by atoms with Crippen LogP contribution in [0.25, 0.3) is 5.65 Å². The van der Waals surface area contributed by atoms with E-state index in [1.54, 1.807) is 12.4 Å². The Hall–Kier alpha value is -2.40. The number of fused-ring (bicyclic) bond motifs is 1. The lowest BCUT2D eigenvalue weighted by atomic mass is 10.2. The number of hydrogen-bond acceptors (Lipinski definition) is 4. The van der Waals surface area contributed by atoms with E-state index in [1.807, 2.05) is 42.7 Å². The van der Waals surface area contributed by atoms with E-state index < -0.39 is 0 Å². The Bertz CT molecular complexity index is 771. The molecule has 0 N–H and O–H groups in total. The fourth-order valence-electron chi connectivity index (χ4n) is 3.22. The first kappa shape index (κ1) is 14.2. The van der Waals surface area contributed by atoms with E-state index >= 15 is 0 Å². The molecule has 5 heteroatoms. The molecule has 0 unspecified atom stereocenters. The molecule has 0 saturated carbocycles. The molecule has 2 aromatic heterocycles. The third-order valence-corrected chi connectivity index (χ3v) is 4.44. The summed E-state index contributed by atoms with van der Waals surface area (Å²) < 4.78 is 8.06. The zero-order valence-electron chi connectivity index (χ0n) is 13.0. The van der Waals surface area contributed by atoms with E-state index in [1.165, 1.54) is 18.5 Å². The number of nitrogens with zero attached hydrogens (tertiary/aromatic N) is 4. The van der Waals surface area contributed by atoms with Gasteiger partial charge < -0.3 is 4.74 Å². The smallest absolute Gasteiger partial charge is 0.155 e. The number of hydrogen-bond donors (Lipinski definition) is 0. The molecule has 0 spiro atoms. The summed E-state index contributed by atoms with van der Waals surface area (Å²) in [4.78, 5) is 11.0. The monoisotopic (exact) mass is 308 g/mol. The highest BCUT2D eigenvalue weighted by atomic mass is 16.5.